The molecule has 1 amide bonds. The van der Waals surface area contributed by atoms with Gasteiger partial charge in [-0.1, -0.05) is 24.3 Å². The number of aromatic nitrogens is 2. The Kier molecular flexibility index (Phi) is 5.14. The van der Waals surface area contributed by atoms with Crippen LogP contribution in [0.25, 0.3) is 0 Å². The number of anilines is 1. The van der Waals surface area contributed by atoms with Crippen LogP contribution >= 0.6 is 0 Å². The average Bonchev–Trinajstić information content (AvgIpc) is 2.73. The van der Waals surface area contributed by atoms with Gasteiger partial charge < -0.3 is 15.0 Å². The first-order valence-electron chi connectivity index (χ1n) is 9.02. The summed E-state index contributed by atoms with van der Waals surface area (Å²) in [7, 11) is 0. The number of benzene rings is 2. The van der Waals surface area contributed by atoms with Gasteiger partial charge in [0.1, 0.15) is 11.6 Å². The van der Waals surface area contributed by atoms with Gasteiger partial charge in [-0.05, 0) is 41.8 Å². The molecule has 142 valence electrons. The van der Waals surface area contributed by atoms with Crippen LogP contribution in [0.5, 0.6) is 11.6 Å². The summed E-state index contributed by atoms with van der Waals surface area (Å²) in [5, 5.41) is 2.95. The zero-order chi connectivity index (χ0) is 19.3. The van der Waals surface area contributed by atoms with Gasteiger partial charge in [-0.25, -0.2) is 9.37 Å². The molecule has 0 spiro atoms. The van der Waals surface area contributed by atoms with E-state index in [2.05, 4.69) is 27.4 Å². The van der Waals surface area contributed by atoms with Gasteiger partial charge in [-0.2, -0.15) is 4.98 Å². The number of rotatable bonds is 5. The van der Waals surface area contributed by atoms with Gasteiger partial charge in [-0.15, -0.1) is 0 Å². The number of hydrogen-bond acceptors (Lipinski definition) is 5. The Balaban J connectivity index is 1.35. The van der Waals surface area contributed by atoms with E-state index in [1.165, 1.54) is 41.6 Å². The van der Waals surface area contributed by atoms with Crippen LogP contribution in [-0.4, -0.2) is 33.9 Å². The molecule has 0 bridgehead atoms. The molecule has 0 aliphatic carbocycles. The van der Waals surface area contributed by atoms with Crippen molar-refractivity contribution in [3.63, 3.8) is 0 Å². The van der Waals surface area contributed by atoms with Crippen LogP contribution in [0.4, 0.5) is 10.3 Å². The lowest BCUT2D eigenvalue weighted by Gasteiger charge is -2.29. The van der Waals surface area contributed by atoms with Gasteiger partial charge in [0, 0.05) is 25.4 Å². The van der Waals surface area contributed by atoms with Crippen molar-refractivity contribution in [2.75, 3.05) is 18.4 Å². The molecule has 28 heavy (non-hydrogen) atoms. The van der Waals surface area contributed by atoms with Crippen molar-refractivity contribution in [2.45, 2.75) is 13.0 Å². The van der Waals surface area contributed by atoms with Crippen molar-refractivity contribution < 1.29 is 13.9 Å². The van der Waals surface area contributed by atoms with E-state index in [0.717, 1.165) is 6.42 Å². The zero-order valence-electron chi connectivity index (χ0n) is 15.1. The van der Waals surface area contributed by atoms with Gasteiger partial charge in [0.05, 0.1) is 6.54 Å². The van der Waals surface area contributed by atoms with E-state index in [1.54, 1.807) is 6.07 Å². The third kappa shape index (κ3) is 4.25. The highest BCUT2D eigenvalue weighted by Crippen LogP contribution is 2.20. The molecule has 2 heterocycles. The molecule has 0 atom stereocenters. The van der Waals surface area contributed by atoms with E-state index in [1.807, 2.05) is 17.0 Å². The third-order valence-corrected chi connectivity index (χ3v) is 4.55. The molecule has 1 aliphatic heterocycles. The maximum Gasteiger partial charge on any atom is 0.242 e. The number of amides is 1. The maximum absolute atomic E-state index is 13.0. The molecule has 0 radical (unpaired) electrons. The lowest BCUT2D eigenvalue weighted by molar-refractivity contribution is -0.130. The van der Waals surface area contributed by atoms with E-state index in [4.69, 9.17) is 4.74 Å². The van der Waals surface area contributed by atoms with Crippen molar-refractivity contribution in [1.82, 2.24) is 14.9 Å². The average molecular weight is 378 g/mol. The molecule has 1 aromatic heterocycles. The Bertz CT molecular complexity index is 978. The minimum atomic E-state index is -0.337. The number of fused-ring (bicyclic) bond motifs is 1. The van der Waals surface area contributed by atoms with Crippen LogP contribution < -0.4 is 10.1 Å². The minimum absolute atomic E-state index is 0.0111. The molecule has 0 fully saturated rings. The molecule has 1 N–H and O–H groups in total. The molecule has 4 rings (SSSR count). The minimum Gasteiger partial charge on any atom is -0.439 e. The maximum atomic E-state index is 13.0. The number of carbonyl (C=O) groups excluding carboxylic acids is 1. The topological polar surface area (TPSA) is 67.3 Å². The number of carbonyl (C=O) groups is 1. The smallest absolute Gasteiger partial charge is 0.242 e. The second kappa shape index (κ2) is 8.04. The Morgan fingerprint density at radius 2 is 1.89 bits per heavy atom. The van der Waals surface area contributed by atoms with E-state index in [9.17, 15) is 9.18 Å². The lowest BCUT2D eigenvalue weighted by atomic mass is 10.00. The number of nitrogens with one attached hydrogen (secondary N) is 1. The van der Waals surface area contributed by atoms with E-state index >= 15 is 0 Å². The van der Waals surface area contributed by atoms with Crippen molar-refractivity contribution in [3.05, 3.63) is 77.7 Å². The summed E-state index contributed by atoms with van der Waals surface area (Å²) >= 11 is 0. The van der Waals surface area contributed by atoms with Crippen LogP contribution in [-0.2, 0) is 17.8 Å². The summed E-state index contributed by atoms with van der Waals surface area (Å²) in [6.45, 7) is 1.42. The molecular formula is C21H19FN4O2. The summed E-state index contributed by atoms with van der Waals surface area (Å²) in [6.07, 6.45) is 2.40. The molecule has 0 saturated heterocycles. The summed E-state index contributed by atoms with van der Waals surface area (Å²) in [5.74, 6) is 0.724. The first kappa shape index (κ1) is 17.9. The molecular weight excluding hydrogens is 359 g/mol. The SMILES string of the molecule is O=C(CNc1nccc(Oc2ccc(F)cc2)n1)N1CCc2ccccc2C1. The Labute approximate surface area is 162 Å². The van der Waals surface area contributed by atoms with E-state index in [0.29, 0.717) is 30.7 Å². The van der Waals surface area contributed by atoms with Crippen LogP contribution in [0.15, 0.2) is 60.8 Å². The summed E-state index contributed by atoms with van der Waals surface area (Å²) in [5.41, 5.74) is 2.49. The van der Waals surface area contributed by atoms with Crippen molar-refractivity contribution in [3.8, 4) is 11.6 Å². The Morgan fingerprint density at radius 1 is 1.11 bits per heavy atom. The predicted molar refractivity (Wildman–Crippen MR) is 103 cm³/mol. The van der Waals surface area contributed by atoms with Gasteiger partial charge >= 0.3 is 0 Å². The quantitative estimate of drug-likeness (QED) is 0.737. The van der Waals surface area contributed by atoms with E-state index in [-0.39, 0.29) is 18.3 Å². The summed E-state index contributed by atoms with van der Waals surface area (Å²) in [6, 6.07) is 15.4. The van der Waals surface area contributed by atoms with Crippen LogP contribution in [0.3, 0.4) is 0 Å². The fraction of sp³-hybridized carbons (Fsp3) is 0.190. The fourth-order valence-corrected chi connectivity index (χ4v) is 3.08. The van der Waals surface area contributed by atoms with Crippen molar-refractivity contribution >= 4 is 11.9 Å². The first-order valence-corrected chi connectivity index (χ1v) is 9.02. The molecule has 1 aliphatic rings. The van der Waals surface area contributed by atoms with E-state index < -0.39 is 0 Å². The predicted octanol–water partition coefficient (Wildman–Crippen LogP) is 3.40. The molecule has 2 aromatic carbocycles. The van der Waals surface area contributed by atoms with Crippen LogP contribution in [0, 0.1) is 5.82 Å². The van der Waals surface area contributed by atoms with Crippen molar-refractivity contribution in [1.29, 1.82) is 0 Å². The molecule has 6 nitrogen and oxygen atoms in total. The van der Waals surface area contributed by atoms with Crippen LogP contribution in [0.1, 0.15) is 11.1 Å². The number of nitrogens with zero attached hydrogens (tertiary/aromatic N) is 3. The highest BCUT2D eigenvalue weighted by molar-refractivity contribution is 5.80. The molecule has 7 heteroatoms. The number of halogens is 1. The molecule has 0 unspecified atom stereocenters. The normalized spacial score (nSPS) is 13.0. The number of ether oxygens (including phenoxy) is 1. The van der Waals surface area contributed by atoms with Gasteiger partial charge in [0.15, 0.2) is 0 Å². The highest BCUT2D eigenvalue weighted by Gasteiger charge is 2.20. The standard InChI is InChI=1S/C21H19FN4O2/c22-17-5-7-18(8-6-17)28-19-9-11-23-21(25-19)24-13-20(27)26-12-10-15-3-1-2-4-16(15)14-26/h1-9,11H,10,12-14H2,(H,23,24,25). The monoisotopic (exact) mass is 378 g/mol. The van der Waals surface area contributed by atoms with Crippen LogP contribution in [0.2, 0.25) is 0 Å². The number of hydrogen-bond donors (Lipinski definition) is 1. The van der Waals surface area contributed by atoms with Crippen molar-refractivity contribution in [2.24, 2.45) is 0 Å². The van der Waals surface area contributed by atoms with Gasteiger partial charge in [0.25, 0.3) is 0 Å². The zero-order valence-corrected chi connectivity index (χ0v) is 15.1. The first-order chi connectivity index (χ1) is 13.7. The Morgan fingerprint density at radius 3 is 2.71 bits per heavy atom. The largest absolute Gasteiger partial charge is 0.439 e. The second-order valence-electron chi connectivity index (χ2n) is 6.46. The molecule has 0 saturated carbocycles. The lowest BCUT2D eigenvalue weighted by Crippen LogP contribution is -2.39. The highest BCUT2D eigenvalue weighted by atomic mass is 19.1. The summed E-state index contributed by atoms with van der Waals surface area (Å²) in [4.78, 5) is 22.7. The Hall–Kier alpha value is -3.48. The fourth-order valence-electron chi connectivity index (χ4n) is 3.08. The second-order valence-corrected chi connectivity index (χ2v) is 6.46. The van der Waals surface area contributed by atoms with Gasteiger partial charge in [-0.3, -0.25) is 4.79 Å². The molecule has 3 aromatic rings. The van der Waals surface area contributed by atoms with Gasteiger partial charge in [0.2, 0.25) is 17.7 Å². The summed E-state index contributed by atoms with van der Waals surface area (Å²) < 4.78 is 18.6. The third-order valence-electron chi connectivity index (χ3n) is 4.55.